The van der Waals surface area contributed by atoms with E-state index in [1.165, 1.54) is 48.9 Å². The van der Waals surface area contributed by atoms with Gasteiger partial charge in [0.15, 0.2) is 5.69 Å². The molecule has 5 heterocycles. The molecule has 5 aliphatic rings. The van der Waals surface area contributed by atoms with Gasteiger partial charge in [-0.2, -0.15) is 5.23 Å². The summed E-state index contributed by atoms with van der Waals surface area (Å²) in [6, 6.07) is 23.1. The van der Waals surface area contributed by atoms with E-state index >= 15 is 0 Å². The number of H-pyrrole nitrogens is 1. The van der Waals surface area contributed by atoms with Crippen LogP contribution in [0.1, 0.15) is 90.4 Å². The van der Waals surface area contributed by atoms with Crippen molar-refractivity contribution in [3.05, 3.63) is 119 Å². The predicted molar refractivity (Wildman–Crippen MR) is 235 cm³/mol. The first-order valence-corrected chi connectivity index (χ1v) is 23.4. The van der Waals surface area contributed by atoms with Crippen molar-refractivity contribution in [1.82, 2.24) is 24.5 Å². The van der Waals surface area contributed by atoms with E-state index in [0.717, 1.165) is 81.1 Å². The molecule has 1 amide bonds. The topological polar surface area (TPSA) is 177 Å². The van der Waals surface area contributed by atoms with E-state index in [2.05, 4.69) is 60.1 Å². The first kappa shape index (κ1) is 40.9. The lowest BCUT2D eigenvalue weighted by molar-refractivity contribution is -0.990. The molecular weight excluding hydrogens is 807 g/mol. The minimum atomic E-state index is -4.51. The van der Waals surface area contributed by atoms with Gasteiger partial charge >= 0.3 is 0 Å². The summed E-state index contributed by atoms with van der Waals surface area (Å²) in [7, 11) is -4.51. The number of benzene rings is 3. The number of nitrogens with one attached hydrogen (secondary N) is 4. The molecule has 5 N–H and O–H groups in total. The Labute approximate surface area is 361 Å². The number of rotatable bonds is 14. The maximum Gasteiger partial charge on any atom is 0.268 e. The molecule has 3 aliphatic heterocycles. The van der Waals surface area contributed by atoms with Crippen LogP contribution in [0, 0.1) is 11.1 Å². The van der Waals surface area contributed by atoms with Gasteiger partial charge in [0.1, 0.15) is 17.1 Å². The standard InChI is InChI=1S/C47H53N7O7S/c55-47(51-62(58,59)38-14-16-42(44(24-38)54(56)57)49-25-30-18-21-52(27-30)36-28-60-29-36)41-15-11-33(23-45(41)61-37-22-34-17-19-48-46(34)50-26-37)31-9-12-35(13-10-31)53-20-3-6-43(53)40-5-2-1-4-39(40)32-7-8-32/h1-2,4-5,9,11,14-17,19,22-24,26,30,32,35-36,43,49,54,56H,3,6-8,10,12-13,18,20-21,25,27-29H2,(H,48,50)(H,51,55)/t30-,35?,43?/m0/s1. The summed E-state index contributed by atoms with van der Waals surface area (Å²) in [6.07, 6.45) is 14.3. The molecule has 4 atom stereocenters. The third-order valence-electron chi connectivity index (χ3n) is 13.5. The maximum atomic E-state index is 14.0. The van der Waals surface area contributed by atoms with Gasteiger partial charge in [0.05, 0.1) is 41.6 Å². The molecule has 3 saturated heterocycles. The third kappa shape index (κ3) is 8.50. The Morgan fingerprint density at radius 2 is 1.84 bits per heavy atom. The number of hydrogen-bond donors (Lipinski definition) is 5. The van der Waals surface area contributed by atoms with Gasteiger partial charge in [-0.3, -0.25) is 14.6 Å². The smallest absolute Gasteiger partial charge is 0.268 e. The molecule has 3 unspecified atom stereocenters. The molecule has 324 valence electrons. The Hall–Kier alpha value is -5.13. The number of fused-ring (bicyclic) bond motifs is 1. The summed E-state index contributed by atoms with van der Waals surface area (Å²) in [6.45, 7) is 4.98. The molecule has 3 aromatic carbocycles. The molecule has 4 fully saturated rings. The quantitative estimate of drug-likeness (QED) is 0.0755. The second-order valence-corrected chi connectivity index (χ2v) is 19.2. The number of anilines is 1. The molecule has 0 radical (unpaired) electrons. The van der Waals surface area contributed by atoms with E-state index in [1.54, 1.807) is 30.6 Å². The fourth-order valence-corrected chi connectivity index (χ4v) is 10.9. The fraction of sp³-hybridized carbons (Fsp3) is 0.404. The summed E-state index contributed by atoms with van der Waals surface area (Å²) in [5, 5.41) is 25.3. The summed E-state index contributed by atoms with van der Waals surface area (Å²) in [4.78, 5) is 26.3. The van der Waals surface area contributed by atoms with Crippen molar-refractivity contribution < 1.29 is 33.1 Å². The molecule has 62 heavy (non-hydrogen) atoms. The number of aromatic amines is 1. The van der Waals surface area contributed by atoms with Gasteiger partial charge < -0.3 is 25.0 Å². The van der Waals surface area contributed by atoms with Crippen LogP contribution >= 0.6 is 0 Å². The molecule has 2 aromatic heterocycles. The highest BCUT2D eigenvalue weighted by Crippen LogP contribution is 2.47. The van der Waals surface area contributed by atoms with Gasteiger partial charge in [0.25, 0.3) is 15.9 Å². The van der Waals surface area contributed by atoms with E-state index in [1.807, 2.05) is 12.1 Å². The molecule has 10 rings (SSSR count). The fourth-order valence-electron chi connectivity index (χ4n) is 9.93. The minimum absolute atomic E-state index is 0.00540. The first-order chi connectivity index (χ1) is 30.2. The van der Waals surface area contributed by atoms with Gasteiger partial charge in [-0.25, -0.2) is 23.3 Å². The van der Waals surface area contributed by atoms with Crippen molar-refractivity contribution in [2.75, 3.05) is 44.7 Å². The van der Waals surface area contributed by atoms with E-state index in [9.17, 15) is 23.6 Å². The number of likely N-dealkylation sites (tertiary alicyclic amines) is 2. The summed E-state index contributed by atoms with van der Waals surface area (Å²) < 4.78 is 41.4. The zero-order chi connectivity index (χ0) is 42.4. The lowest BCUT2D eigenvalue weighted by atomic mass is 9.88. The molecule has 0 spiro atoms. The van der Waals surface area contributed by atoms with E-state index in [-0.39, 0.29) is 21.9 Å². The average molecular weight is 860 g/mol. The zero-order valence-corrected chi connectivity index (χ0v) is 35.4. The van der Waals surface area contributed by atoms with Crippen LogP contribution in [-0.4, -0.2) is 90.8 Å². The number of carbonyl (C=O) groups excluding carboxylic acids is 1. The van der Waals surface area contributed by atoms with E-state index in [4.69, 9.17) is 9.47 Å². The summed E-state index contributed by atoms with van der Waals surface area (Å²) in [5.41, 5.74) is 5.87. The number of quaternary nitrogens is 1. The molecule has 15 heteroatoms. The molecule has 1 saturated carbocycles. The number of allylic oxidation sites excluding steroid dienone is 1. The second-order valence-electron chi connectivity index (χ2n) is 17.5. The van der Waals surface area contributed by atoms with Gasteiger partial charge in [-0.15, -0.1) is 0 Å². The number of amides is 1. The van der Waals surface area contributed by atoms with E-state index < -0.39 is 21.2 Å². The van der Waals surface area contributed by atoms with Crippen molar-refractivity contribution in [2.24, 2.45) is 5.92 Å². The van der Waals surface area contributed by atoms with Crippen LogP contribution in [0.2, 0.25) is 0 Å². The Bertz CT molecular complexity index is 2610. The van der Waals surface area contributed by atoms with Crippen LogP contribution < -0.4 is 20.0 Å². The second kappa shape index (κ2) is 17.2. The first-order valence-electron chi connectivity index (χ1n) is 22.0. The SMILES string of the molecule is O=C(NS(=O)(=O)c1ccc(NC[C@@H]2CCN(C3COC3)C2)c([NH+]([O-])O)c1)c1ccc(C2=CCC(N3CCCC3c3ccccc3C3CC3)CC2)cc1Oc1cnc2[nH]ccc2c1. The molecular formula is C47H53N7O7S. The Kier molecular flexibility index (Phi) is 11.4. The van der Waals surface area contributed by atoms with Gasteiger partial charge in [-0.05, 0) is 135 Å². The lowest BCUT2D eigenvalue weighted by Crippen LogP contribution is -2.99. The molecule has 5 aromatic rings. The van der Waals surface area contributed by atoms with Crippen LogP contribution in [0.4, 0.5) is 11.4 Å². The molecule has 14 nitrogen and oxygen atoms in total. The van der Waals surface area contributed by atoms with Crippen molar-refractivity contribution in [3.63, 3.8) is 0 Å². The third-order valence-corrected chi connectivity index (χ3v) is 14.8. The maximum absolute atomic E-state index is 14.0. The number of ether oxygens (including phenoxy) is 2. The number of sulfonamides is 1. The monoisotopic (exact) mass is 859 g/mol. The van der Waals surface area contributed by atoms with Crippen molar-refractivity contribution in [1.29, 1.82) is 0 Å². The van der Waals surface area contributed by atoms with Crippen molar-refractivity contribution in [3.8, 4) is 11.5 Å². The van der Waals surface area contributed by atoms with Gasteiger partial charge in [0, 0.05) is 42.8 Å². The number of nitrogens with zero attached hydrogens (tertiary/aromatic N) is 3. The highest BCUT2D eigenvalue weighted by molar-refractivity contribution is 7.90. The van der Waals surface area contributed by atoms with Crippen molar-refractivity contribution >= 4 is 43.9 Å². The lowest BCUT2D eigenvalue weighted by Gasteiger charge is -2.36. The predicted octanol–water partition coefficient (Wildman–Crippen LogP) is 6.66. The minimum Gasteiger partial charge on any atom is -0.595 e. The number of aromatic nitrogens is 2. The van der Waals surface area contributed by atoms with Crippen LogP contribution in [0.3, 0.4) is 0 Å². The Morgan fingerprint density at radius 3 is 2.61 bits per heavy atom. The number of pyridine rings is 1. The number of carbonyl (C=O) groups is 1. The number of hydrogen-bond acceptors (Lipinski definition) is 11. The highest BCUT2D eigenvalue weighted by Gasteiger charge is 2.37. The summed E-state index contributed by atoms with van der Waals surface area (Å²) in [5.74, 6) is 0.670. The molecule has 2 aliphatic carbocycles. The molecule has 0 bridgehead atoms. The van der Waals surface area contributed by atoms with Gasteiger partial charge in [-0.1, -0.05) is 36.4 Å². The largest absolute Gasteiger partial charge is 0.595 e. The summed E-state index contributed by atoms with van der Waals surface area (Å²) >= 11 is 0. The highest BCUT2D eigenvalue weighted by atomic mass is 32.2. The zero-order valence-electron chi connectivity index (χ0n) is 34.6. The van der Waals surface area contributed by atoms with Crippen LogP contribution in [0.5, 0.6) is 11.5 Å². The Morgan fingerprint density at radius 1 is 0.984 bits per heavy atom. The Balaban J connectivity index is 0.869. The normalized spacial score (nSPS) is 22.9. The van der Waals surface area contributed by atoms with Crippen LogP contribution in [-0.2, 0) is 14.8 Å². The average Bonchev–Trinajstić information content (AvgIpc) is 3.57. The van der Waals surface area contributed by atoms with Crippen LogP contribution in [0.15, 0.2) is 96.2 Å². The van der Waals surface area contributed by atoms with Crippen LogP contribution in [0.25, 0.3) is 16.6 Å². The van der Waals surface area contributed by atoms with Crippen molar-refractivity contribution in [2.45, 2.75) is 80.3 Å². The van der Waals surface area contributed by atoms with Gasteiger partial charge in [0.2, 0.25) is 0 Å². The van der Waals surface area contributed by atoms with E-state index in [0.29, 0.717) is 53.6 Å².